The van der Waals surface area contributed by atoms with E-state index in [1.807, 2.05) is 0 Å². The molecule has 0 saturated carbocycles. The molecule has 150 valence electrons. The molecular weight excluding hydrogens is 386 g/mol. The summed E-state index contributed by atoms with van der Waals surface area (Å²) >= 11 is 0. The van der Waals surface area contributed by atoms with E-state index < -0.39 is 39.2 Å². The molecule has 1 saturated heterocycles. The van der Waals surface area contributed by atoms with E-state index in [0.29, 0.717) is 12.2 Å². The number of carbonyl (C=O) groups is 2. The SMILES string of the molecule is O=C(O)c1ccc(OC2CCN(C(=O)c3cccc([N+](=O)[O-])c3[N+](=O)[O-])C2)cc1. The molecule has 11 nitrogen and oxygen atoms in total. The Morgan fingerprint density at radius 2 is 1.76 bits per heavy atom. The summed E-state index contributed by atoms with van der Waals surface area (Å²) in [4.78, 5) is 45.5. The molecule has 1 fully saturated rings. The first-order valence-corrected chi connectivity index (χ1v) is 8.49. The number of benzene rings is 2. The first-order chi connectivity index (χ1) is 13.8. The van der Waals surface area contributed by atoms with Gasteiger partial charge in [-0.3, -0.25) is 25.0 Å². The van der Waals surface area contributed by atoms with Gasteiger partial charge in [0.25, 0.3) is 5.91 Å². The van der Waals surface area contributed by atoms with Crippen LogP contribution >= 0.6 is 0 Å². The van der Waals surface area contributed by atoms with E-state index in [0.717, 1.165) is 6.07 Å². The minimum Gasteiger partial charge on any atom is -0.489 e. The molecule has 2 aromatic carbocycles. The van der Waals surface area contributed by atoms with Gasteiger partial charge in [0, 0.05) is 19.0 Å². The van der Waals surface area contributed by atoms with Crippen LogP contribution in [0, 0.1) is 20.2 Å². The first-order valence-electron chi connectivity index (χ1n) is 8.49. The second kappa shape index (κ2) is 7.92. The Hall–Kier alpha value is -4.02. The van der Waals surface area contributed by atoms with E-state index in [1.54, 1.807) is 0 Å². The topological polar surface area (TPSA) is 153 Å². The summed E-state index contributed by atoms with van der Waals surface area (Å²) in [5, 5.41) is 31.3. The third-order valence-electron chi connectivity index (χ3n) is 4.46. The maximum absolute atomic E-state index is 12.7. The number of nitro benzene ring substituents is 2. The third kappa shape index (κ3) is 4.13. The number of aromatic carboxylic acids is 1. The summed E-state index contributed by atoms with van der Waals surface area (Å²) in [5.41, 5.74) is -1.82. The zero-order valence-corrected chi connectivity index (χ0v) is 14.9. The minimum atomic E-state index is -1.06. The normalized spacial score (nSPS) is 15.7. The summed E-state index contributed by atoms with van der Waals surface area (Å²) in [6.07, 6.45) is 0.0576. The predicted octanol–water partition coefficient (Wildman–Crippen LogP) is 2.49. The summed E-state index contributed by atoms with van der Waals surface area (Å²) in [5.74, 6) is -1.32. The van der Waals surface area contributed by atoms with Crippen LogP contribution in [0.5, 0.6) is 5.75 Å². The van der Waals surface area contributed by atoms with Crippen LogP contribution in [-0.4, -0.2) is 50.9 Å². The van der Waals surface area contributed by atoms with E-state index in [9.17, 15) is 29.8 Å². The number of nitrogens with zero attached hydrogens (tertiary/aromatic N) is 3. The van der Waals surface area contributed by atoms with Crippen molar-refractivity contribution in [2.45, 2.75) is 12.5 Å². The Morgan fingerprint density at radius 1 is 1.07 bits per heavy atom. The van der Waals surface area contributed by atoms with Gasteiger partial charge in [-0.05, 0) is 30.3 Å². The fraction of sp³-hybridized carbons (Fsp3) is 0.222. The Labute approximate surface area is 163 Å². The molecule has 11 heteroatoms. The number of carbonyl (C=O) groups excluding carboxylic acids is 1. The lowest BCUT2D eigenvalue weighted by atomic mass is 10.1. The van der Waals surface area contributed by atoms with E-state index in [2.05, 4.69) is 0 Å². The second-order valence-corrected chi connectivity index (χ2v) is 6.30. The molecular formula is C18H15N3O8. The largest absolute Gasteiger partial charge is 0.489 e. The van der Waals surface area contributed by atoms with Crippen LogP contribution in [0.4, 0.5) is 11.4 Å². The van der Waals surface area contributed by atoms with Crippen molar-refractivity contribution >= 4 is 23.3 Å². The molecule has 29 heavy (non-hydrogen) atoms. The highest BCUT2D eigenvalue weighted by Gasteiger charge is 2.36. The number of rotatable bonds is 6. The summed E-state index contributed by atoms with van der Waals surface area (Å²) in [7, 11) is 0. The van der Waals surface area contributed by atoms with E-state index in [4.69, 9.17) is 9.84 Å². The monoisotopic (exact) mass is 401 g/mol. The van der Waals surface area contributed by atoms with Gasteiger partial charge >= 0.3 is 17.3 Å². The Balaban J connectivity index is 1.74. The van der Waals surface area contributed by atoms with Gasteiger partial charge in [-0.25, -0.2) is 4.79 Å². The van der Waals surface area contributed by atoms with Gasteiger partial charge < -0.3 is 14.7 Å². The van der Waals surface area contributed by atoms with E-state index in [1.165, 1.54) is 41.3 Å². The van der Waals surface area contributed by atoms with Gasteiger partial charge in [0.1, 0.15) is 17.4 Å². The molecule has 0 radical (unpaired) electrons. The molecule has 1 N–H and O–H groups in total. The molecule has 0 aliphatic carbocycles. The molecule has 0 aromatic heterocycles. The van der Waals surface area contributed by atoms with E-state index in [-0.39, 0.29) is 24.2 Å². The molecule has 1 amide bonds. The van der Waals surface area contributed by atoms with Crippen molar-refractivity contribution in [2.75, 3.05) is 13.1 Å². The second-order valence-electron chi connectivity index (χ2n) is 6.30. The number of carboxylic acids is 1. The lowest BCUT2D eigenvalue weighted by Crippen LogP contribution is -2.31. The number of likely N-dealkylation sites (tertiary alicyclic amines) is 1. The molecule has 0 spiro atoms. The van der Waals surface area contributed by atoms with Crippen molar-refractivity contribution < 1.29 is 29.3 Å². The molecule has 1 heterocycles. The molecule has 1 unspecified atom stereocenters. The molecule has 1 atom stereocenters. The van der Waals surface area contributed by atoms with Crippen molar-refractivity contribution in [3.63, 3.8) is 0 Å². The summed E-state index contributed by atoms with van der Waals surface area (Å²) < 4.78 is 5.74. The Kier molecular flexibility index (Phi) is 5.39. The lowest BCUT2D eigenvalue weighted by molar-refractivity contribution is -0.422. The van der Waals surface area contributed by atoms with E-state index >= 15 is 0 Å². The highest BCUT2D eigenvalue weighted by molar-refractivity contribution is 6.00. The highest BCUT2D eigenvalue weighted by atomic mass is 16.6. The molecule has 0 bridgehead atoms. The average Bonchev–Trinajstić information content (AvgIpc) is 3.15. The van der Waals surface area contributed by atoms with Gasteiger partial charge in [-0.2, -0.15) is 0 Å². The maximum atomic E-state index is 12.7. The zero-order valence-electron chi connectivity index (χ0n) is 14.9. The van der Waals surface area contributed by atoms with Crippen LogP contribution in [0.25, 0.3) is 0 Å². The Bertz CT molecular complexity index is 989. The van der Waals surface area contributed by atoms with Crippen molar-refractivity contribution in [3.8, 4) is 5.75 Å². The van der Waals surface area contributed by atoms with Crippen LogP contribution < -0.4 is 4.74 Å². The first kappa shape index (κ1) is 19.7. The van der Waals surface area contributed by atoms with Crippen LogP contribution in [0.1, 0.15) is 27.1 Å². The van der Waals surface area contributed by atoms with Gasteiger partial charge in [-0.15, -0.1) is 0 Å². The minimum absolute atomic E-state index is 0.110. The number of para-hydroxylation sites is 1. The molecule has 2 aromatic rings. The van der Waals surface area contributed by atoms with Gasteiger partial charge in [-0.1, -0.05) is 6.07 Å². The van der Waals surface area contributed by atoms with Gasteiger partial charge in [0.15, 0.2) is 0 Å². The van der Waals surface area contributed by atoms with Crippen LogP contribution in [0.2, 0.25) is 0 Å². The average molecular weight is 401 g/mol. The molecule has 1 aliphatic rings. The van der Waals surface area contributed by atoms with Crippen molar-refractivity contribution in [1.29, 1.82) is 0 Å². The Morgan fingerprint density at radius 3 is 2.34 bits per heavy atom. The van der Waals surface area contributed by atoms with Gasteiger partial charge in [0.2, 0.25) is 0 Å². The highest BCUT2D eigenvalue weighted by Crippen LogP contribution is 2.32. The predicted molar refractivity (Wildman–Crippen MR) is 98.1 cm³/mol. The van der Waals surface area contributed by atoms with Gasteiger partial charge in [0.05, 0.1) is 22.0 Å². The smallest absolute Gasteiger partial charge is 0.358 e. The van der Waals surface area contributed by atoms with Crippen LogP contribution in [-0.2, 0) is 0 Å². The summed E-state index contributed by atoms with van der Waals surface area (Å²) in [6.45, 7) is 0.399. The number of nitro groups is 2. The molecule has 3 rings (SSSR count). The third-order valence-corrected chi connectivity index (χ3v) is 4.46. The fourth-order valence-corrected chi connectivity index (χ4v) is 3.09. The van der Waals surface area contributed by atoms with Crippen molar-refractivity contribution in [1.82, 2.24) is 4.90 Å². The number of hydrogen-bond donors (Lipinski definition) is 1. The quantitative estimate of drug-likeness (QED) is 0.572. The number of hydrogen-bond acceptors (Lipinski definition) is 7. The van der Waals surface area contributed by atoms with Crippen LogP contribution in [0.3, 0.4) is 0 Å². The number of ether oxygens (including phenoxy) is 1. The number of amides is 1. The molecule has 1 aliphatic heterocycles. The van der Waals surface area contributed by atoms with Crippen molar-refractivity contribution in [3.05, 3.63) is 73.8 Å². The van der Waals surface area contributed by atoms with Crippen LogP contribution in [0.15, 0.2) is 42.5 Å². The zero-order chi connectivity index (χ0) is 21.1. The fourth-order valence-electron chi connectivity index (χ4n) is 3.09. The summed E-state index contributed by atoms with van der Waals surface area (Å²) in [6, 6.07) is 9.17. The van der Waals surface area contributed by atoms with Crippen molar-refractivity contribution in [2.24, 2.45) is 0 Å². The standard InChI is InChI=1S/C18H15N3O8/c22-17(14-2-1-3-15(20(25)26)16(14)21(27)28)19-9-8-13(10-19)29-12-6-4-11(5-7-12)18(23)24/h1-7,13H,8-10H2,(H,23,24). The lowest BCUT2D eigenvalue weighted by Gasteiger charge is -2.17. The number of carboxylic acid groups (broad SMARTS) is 1. The maximum Gasteiger partial charge on any atom is 0.358 e.